The Kier molecular flexibility index (Phi) is 7.08. The molecule has 1 amide bonds. The SMILES string of the molecule is COc1ccc(-n2nc(OCC(F)(F)F)cc2-c2ccc(OCCNC(=O)[O-])cc2)cc1. The van der Waals surface area contributed by atoms with Gasteiger partial charge in [-0.2, -0.15) is 13.2 Å². The van der Waals surface area contributed by atoms with Crippen LogP contribution in [0, 0.1) is 0 Å². The van der Waals surface area contributed by atoms with Crippen LogP contribution in [0.4, 0.5) is 18.0 Å². The van der Waals surface area contributed by atoms with Crippen molar-refractivity contribution in [1.29, 1.82) is 0 Å². The third-order valence-electron chi connectivity index (χ3n) is 4.18. The highest BCUT2D eigenvalue weighted by atomic mass is 19.4. The lowest BCUT2D eigenvalue weighted by atomic mass is 10.1. The number of hydrogen-bond acceptors (Lipinski definition) is 6. The molecule has 3 aromatic rings. The molecule has 0 fully saturated rings. The number of carbonyl (C=O) groups is 1. The highest BCUT2D eigenvalue weighted by Gasteiger charge is 2.29. The van der Waals surface area contributed by atoms with E-state index in [4.69, 9.17) is 14.2 Å². The molecular formula is C21H19F3N3O5-. The Morgan fingerprint density at radius 2 is 1.72 bits per heavy atom. The van der Waals surface area contributed by atoms with Gasteiger partial charge in [-0.3, -0.25) is 0 Å². The Morgan fingerprint density at radius 3 is 2.31 bits per heavy atom. The van der Waals surface area contributed by atoms with Gasteiger partial charge in [-0.1, -0.05) is 0 Å². The van der Waals surface area contributed by atoms with E-state index in [2.05, 4.69) is 10.4 Å². The van der Waals surface area contributed by atoms with Gasteiger partial charge in [-0.25, -0.2) is 4.68 Å². The van der Waals surface area contributed by atoms with Gasteiger partial charge in [0.05, 0.1) is 25.0 Å². The van der Waals surface area contributed by atoms with Gasteiger partial charge in [0, 0.05) is 11.6 Å². The maximum atomic E-state index is 12.6. The van der Waals surface area contributed by atoms with E-state index in [9.17, 15) is 23.1 Å². The summed E-state index contributed by atoms with van der Waals surface area (Å²) >= 11 is 0. The van der Waals surface area contributed by atoms with E-state index in [1.807, 2.05) is 0 Å². The second-order valence-electron chi connectivity index (χ2n) is 6.47. The Hall–Kier alpha value is -3.89. The average Bonchev–Trinajstić information content (AvgIpc) is 3.20. The second kappa shape index (κ2) is 9.94. The lowest BCUT2D eigenvalue weighted by molar-refractivity contribution is -0.250. The zero-order valence-electron chi connectivity index (χ0n) is 16.9. The number of ether oxygens (including phenoxy) is 3. The zero-order chi connectivity index (χ0) is 23.1. The first kappa shape index (κ1) is 22.8. The van der Waals surface area contributed by atoms with Gasteiger partial charge < -0.3 is 29.4 Å². The van der Waals surface area contributed by atoms with E-state index in [1.165, 1.54) is 17.9 Å². The van der Waals surface area contributed by atoms with Crippen molar-refractivity contribution >= 4 is 6.09 Å². The molecule has 0 saturated carbocycles. The number of alkyl halides is 3. The van der Waals surface area contributed by atoms with Crippen LogP contribution < -0.4 is 24.6 Å². The van der Waals surface area contributed by atoms with Gasteiger partial charge in [-0.05, 0) is 48.5 Å². The minimum absolute atomic E-state index is 0.0637. The number of halogens is 3. The molecule has 0 bridgehead atoms. The van der Waals surface area contributed by atoms with Gasteiger partial charge in [-0.15, -0.1) is 5.10 Å². The summed E-state index contributed by atoms with van der Waals surface area (Å²) in [6.07, 6.45) is -5.88. The maximum Gasteiger partial charge on any atom is 0.422 e. The van der Waals surface area contributed by atoms with Gasteiger partial charge in [0.1, 0.15) is 24.2 Å². The predicted molar refractivity (Wildman–Crippen MR) is 106 cm³/mol. The average molecular weight is 450 g/mol. The van der Waals surface area contributed by atoms with Crippen LogP contribution in [-0.2, 0) is 0 Å². The number of aromatic nitrogens is 2. The van der Waals surface area contributed by atoms with Gasteiger partial charge in [0.2, 0.25) is 5.88 Å². The predicted octanol–water partition coefficient (Wildman–Crippen LogP) is 2.80. The summed E-state index contributed by atoms with van der Waals surface area (Å²) in [5, 5.41) is 16.6. The van der Waals surface area contributed by atoms with Crippen LogP contribution in [0.15, 0.2) is 54.6 Å². The lowest BCUT2D eigenvalue weighted by Gasteiger charge is -2.10. The van der Waals surface area contributed by atoms with Crippen LogP contribution in [0.1, 0.15) is 0 Å². The van der Waals surface area contributed by atoms with E-state index in [-0.39, 0.29) is 19.0 Å². The molecule has 0 saturated heterocycles. The molecule has 1 N–H and O–H groups in total. The van der Waals surface area contributed by atoms with E-state index in [0.29, 0.717) is 28.4 Å². The number of hydrogen-bond donors (Lipinski definition) is 1. The number of carboxylic acid groups (broad SMARTS) is 1. The number of nitrogens with one attached hydrogen (secondary N) is 1. The van der Waals surface area contributed by atoms with Gasteiger partial charge in [0.15, 0.2) is 6.61 Å². The molecule has 0 radical (unpaired) electrons. The molecule has 2 aromatic carbocycles. The number of rotatable bonds is 9. The van der Waals surface area contributed by atoms with Crippen LogP contribution in [0.2, 0.25) is 0 Å². The highest BCUT2D eigenvalue weighted by Crippen LogP contribution is 2.30. The van der Waals surface area contributed by atoms with E-state index >= 15 is 0 Å². The first-order valence-corrected chi connectivity index (χ1v) is 9.37. The van der Waals surface area contributed by atoms with Crippen molar-refractivity contribution in [3.8, 4) is 34.3 Å². The molecule has 0 aliphatic rings. The second-order valence-corrected chi connectivity index (χ2v) is 6.47. The Morgan fingerprint density at radius 1 is 1.06 bits per heavy atom. The molecule has 170 valence electrons. The summed E-state index contributed by atoms with van der Waals surface area (Å²) in [7, 11) is 1.52. The van der Waals surface area contributed by atoms with E-state index in [1.54, 1.807) is 48.5 Å². The Balaban J connectivity index is 1.84. The number of amides is 1. The van der Waals surface area contributed by atoms with Crippen molar-refractivity contribution in [3.63, 3.8) is 0 Å². The van der Waals surface area contributed by atoms with Crippen LogP contribution in [0.25, 0.3) is 16.9 Å². The molecule has 0 atom stereocenters. The van der Waals surface area contributed by atoms with Gasteiger partial charge >= 0.3 is 6.18 Å². The number of benzene rings is 2. The summed E-state index contributed by atoms with van der Waals surface area (Å²) in [5.41, 5.74) is 1.74. The third kappa shape index (κ3) is 6.30. The summed E-state index contributed by atoms with van der Waals surface area (Å²) in [6.45, 7) is -1.29. The summed E-state index contributed by atoms with van der Waals surface area (Å²) in [5.74, 6) is 0.922. The number of nitrogens with zero attached hydrogens (tertiary/aromatic N) is 2. The van der Waals surface area contributed by atoms with Crippen molar-refractivity contribution in [2.45, 2.75) is 6.18 Å². The molecule has 0 unspecified atom stereocenters. The minimum atomic E-state index is -4.49. The van der Waals surface area contributed by atoms with E-state index in [0.717, 1.165) is 0 Å². The fourth-order valence-corrected chi connectivity index (χ4v) is 2.76. The molecule has 0 aliphatic heterocycles. The zero-order valence-corrected chi connectivity index (χ0v) is 16.9. The summed E-state index contributed by atoms with van der Waals surface area (Å²) in [6, 6.07) is 14.9. The number of methoxy groups -OCH3 is 1. The first-order chi connectivity index (χ1) is 15.2. The van der Waals surface area contributed by atoms with Crippen LogP contribution >= 0.6 is 0 Å². The van der Waals surface area contributed by atoms with Crippen LogP contribution in [0.3, 0.4) is 0 Å². The highest BCUT2D eigenvalue weighted by molar-refractivity contribution is 5.64. The molecule has 32 heavy (non-hydrogen) atoms. The third-order valence-corrected chi connectivity index (χ3v) is 4.18. The van der Waals surface area contributed by atoms with Crippen LogP contribution in [0.5, 0.6) is 17.4 Å². The van der Waals surface area contributed by atoms with Crippen molar-refractivity contribution < 1.29 is 37.3 Å². The summed E-state index contributed by atoms with van der Waals surface area (Å²) < 4.78 is 54.5. The minimum Gasteiger partial charge on any atom is -0.530 e. The van der Waals surface area contributed by atoms with Crippen molar-refractivity contribution in [2.24, 2.45) is 0 Å². The molecule has 0 spiro atoms. The lowest BCUT2D eigenvalue weighted by Crippen LogP contribution is -2.38. The van der Waals surface area contributed by atoms with Crippen LogP contribution in [-0.4, -0.2) is 48.9 Å². The summed E-state index contributed by atoms with van der Waals surface area (Å²) in [4.78, 5) is 10.3. The smallest absolute Gasteiger partial charge is 0.422 e. The largest absolute Gasteiger partial charge is 0.530 e. The Bertz CT molecular complexity index is 1030. The maximum absolute atomic E-state index is 12.6. The monoisotopic (exact) mass is 450 g/mol. The fourth-order valence-electron chi connectivity index (χ4n) is 2.76. The Labute approximate surface area is 181 Å². The fraction of sp³-hybridized carbons (Fsp3) is 0.238. The van der Waals surface area contributed by atoms with Gasteiger partial charge in [0.25, 0.3) is 0 Å². The molecule has 3 rings (SSSR count). The van der Waals surface area contributed by atoms with Crippen molar-refractivity contribution in [3.05, 3.63) is 54.6 Å². The molecular weight excluding hydrogens is 431 g/mol. The molecule has 0 aliphatic carbocycles. The standard InChI is InChI=1S/C21H20F3N3O5/c1-30-16-8-4-15(5-9-16)27-18(12-19(26-27)32-13-21(22,23)24)14-2-6-17(7-3-14)31-11-10-25-20(28)29/h2-9,12,25H,10-11,13H2,1H3,(H,28,29)/p-1. The molecule has 1 heterocycles. The molecule has 1 aromatic heterocycles. The first-order valence-electron chi connectivity index (χ1n) is 9.37. The topological polar surface area (TPSA) is 97.7 Å². The van der Waals surface area contributed by atoms with Crippen molar-refractivity contribution in [2.75, 3.05) is 26.9 Å². The normalized spacial score (nSPS) is 11.1. The number of carbonyl (C=O) groups excluding carboxylic acids is 1. The van der Waals surface area contributed by atoms with Crippen molar-refractivity contribution in [1.82, 2.24) is 15.1 Å². The van der Waals surface area contributed by atoms with E-state index < -0.39 is 18.9 Å². The quantitative estimate of drug-likeness (QED) is 0.504. The molecule has 8 nitrogen and oxygen atoms in total. The molecule has 11 heteroatoms.